The smallest absolute Gasteiger partial charge is 0.137 e. The number of para-hydroxylation sites is 2. The highest BCUT2D eigenvalue weighted by Crippen LogP contribution is 2.31. The van der Waals surface area contributed by atoms with Gasteiger partial charge in [0, 0.05) is 16.7 Å². The summed E-state index contributed by atoms with van der Waals surface area (Å²) in [4.78, 5) is 5.31. The monoisotopic (exact) mass is 285 g/mol. The molecular formula is C17H19NOS. The van der Waals surface area contributed by atoms with Gasteiger partial charge < -0.3 is 5.11 Å². The first-order valence-corrected chi connectivity index (χ1v) is 7.83. The van der Waals surface area contributed by atoms with Gasteiger partial charge in [-0.3, -0.25) is 4.99 Å². The van der Waals surface area contributed by atoms with E-state index in [2.05, 4.69) is 11.9 Å². The molecule has 0 atom stereocenters. The van der Waals surface area contributed by atoms with Crippen molar-refractivity contribution >= 4 is 23.7 Å². The zero-order valence-corrected chi connectivity index (χ0v) is 12.4. The van der Waals surface area contributed by atoms with Gasteiger partial charge in [-0.2, -0.15) is 0 Å². The minimum absolute atomic E-state index is 0.327. The minimum Gasteiger partial charge on any atom is -0.506 e. The normalized spacial score (nSPS) is 11.1. The zero-order chi connectivity index (χ0) is 14.2. The molecule has 0 bridgehead atoms. The molecule has 0 fully saturated rings. The van der Waals surface area contributed by atoms with Gasteiger partial charge >= 0.3 is 0 Å². The predicted molar refractivity (Wildman–Crippen MR) is 87.4 cm³/mol. The Morgan fingerprint density at radius 2 is 1.90 bits per heavy atom. The van der Waals surface area contributed by atoms with Gasteiger partial charge in [0.2, 0.25) is 0 Å². The van der Waals surface area contributed by atoms with Gasteiger partial charge in [-0.25, -0.2) is 0 Å². The van der Waals surface area contributed by atoms with Crippen LogP contribution in [0, 0.1) is 0 Å². The van der Waals surface area contributed by atoms with E-state index >= 15 is 0 Å². The Bertz CT molecular complexity index is 566. The summed E-state index contributed by atoms with van der Waals surface area (Å²) in [6.45, 7) is 2.17. The Labute approximate surface area is 124 Å². The second-order valence-corrected chi connectivity index (χ2v) is 5.63. The number of unbranched alkanes of at least 4 members (excludes halogenated alkanes) is 1. The summed E-state index contributed by atoms with van der Waals surface area (Å²) in [5, 5.41) is 10.3. The molecule has 0 radical (unpaired) electrons. The number of phenolic OH excluding ortho intramolecular Hbond substituents is 1. The van der Waals surface area contributed by atoms with Crippen molar-refractivity contribution in [3.05, 3.63) is 54.1 Å². The predicted octanol–water partition coefficient (Wildman–Crippen LogP) is 5.04. The van der Waals surface area contributed by atoms with Gasteiger partial charge in [-0.05, 0) is 36.4 Å². The average molecular weight is 285 g/mol. The van der Waals surface area contributed by atoms with Crippen LogP contribution in [0.2, 0.25) is 0 Å². The molecule has 3 heteroatoms. The van der Waals surface area contributed by atoms with E-state index < -0.39 is 0 Å². The Kier molecular flexibility index (Phi) is 5.69. The van der Waals surface area contributed by atoms with E-state index in [0.29, 0.717) is 5.75 Å². The summed E-state index contributed by atoms with van der Waals surface area (Å²) in [6.07, 6.45) is 4.05. The molecule has 0 aromatic heterocycles. The lowest BCUT2D eigenvalue weighted by molar-refractivity contribution is 0.461. The summed E-state index contributed by atoms with van der Waals surface area (Å²) >= 11 is 1.70. The molecule has 0 aliphatic carbocycles. The highest BCUT2D eigenvalue weighted by molar-refractivity contribution is 7.99. The standard InChI is InChI=1S/C17H19NOS/c1-2-3-12-20-16-11-7-8-14(17(16)19)13-18-15-9-5-4-6-10-15/h4-11,13,19H,2-3,12H2,1H3/b18-13+. The fourth-order valence-corrected chi connectivity index (χ4v) is 2.83. The molecule has 0 aliphatic rings. The number of aliphatic imine (C=N–C) groups is 1. The van der Waals surface area contributed by atoms with Crippen LogP contribution in [-0.4, -0.2) is 17.1 Å². The summed E-state index contributed by atoms with van der Waals surface area (Å²) in [6, 6.07) is 15.5. The van der Waals surface area contributed by atoms with Crippen molar-refractivity contribution in [3.8, 4) is 5.75 Å². The Morgan fingerprint density at radius 1 is 1.10 bits per heavy atom. The second kappa shape index (κ2) is 7.75. The van der Waals surface area contributed by atoms with Crippen LogP contribution in [0.4, 0.5) is 5.69 Å². The van der Waals surface area contributed by atoms with Crippen LogP contribution in [0.15, 0.2) is 58.4 Å². The maximum Gasteiger partial charge on any atom is 0.137 e. The molecule has 2 rings (SSSR count). The SMILES string of the molecule is CCCCSc1cccc(/C=N/c2ccccc2)c1O. The van der Waals surface area contributed by atoms with E-state index in [4.69, 9.17) is 0 Å². The van der Waals surface area contributed by atoms with Crippen LogP contribution in [0.3, 0.4) is 0 Å². The molecule has 20 heavy (non-hydrogen) atoms. The average Bonchev–Trinajstić information content (AvgIpc) is 2.49. The highest BCUT2D eigenvalue weighted by Gasteiger charge is 2.05. The van der Waals surface area contributed by atoms with Crippen LogP contribution >= 0.6 is 11.8 Å². The van der Waals surface area contributed by atoms with E-state index in [9.17, 15) is 5.11 Å². The van der Waals surface area contributed by atoms with Gasteiger partial charge in [0.1, 0.15) is 5.75 Å². The van der Waals surface area contributed by atoms with Crippen molar-refractivity contribution in [1.82, 2.24) is 0 Å². The molecule has 0 unspecified atom stereocenters. The van der Waals surface area contributed by atoms with Crippen molar-refractivity contribution < 1.29 is 5.11 Å². The number of rotatable bonds is 6. The molecule has 0 amide bonds. The first-order valence-electron chi connectivity index (χ1n) is 6.85. The number of hydrogen-bond acceptors (Lipinski definition) is 3. The highest BCUT2D eigenvalue weighted by atomic mass is 32.2. The van der Waals surface area contributed by atoms with E-state index in [1.165, 1.54) is 6.42 Å². The molecule has 0 aliphatic heterocycles. The Hall–Kier alpha value is -1.74. The molecular weight excluding hydrogens is 266 g/mol. The lowest BCUT2D eigenvalue weighted by atomic mass is 10.2. The molecule has 0 spiro atoms. The molecule has 2 aromatic carbocycles. The van der Waals surface area contributed by atoms with Gasteiger partial charge in [0.15, 0.2) is 0 Å². The number of hydrogen-bond donors (Lipinski definition) is 1. The molecule has 1 N–H and O–H groups in total. The molecule has 104 valence electrons. The summed E-state index contributed by atoms with van der Waals surface area (Å²) in [5.41, 5.74) is 1.64. The summed E-state index contributed by atoms with van der Waals surface area (Å²) < 4.78 is 0. The van der Waals surface area contributed by atoms with Crippen LogP contribution in [0.1, 0.15) is 25.3 Å². The van der Waals surface area contributed by atoms with Crippen molar-refractivity contribution in [2.24, 2.45) is 4.99 Å². The Morgan fingerprint density at radius 3 is 2.65 bits per heavy atom. The third kappa shape index (κ3) is 4.14. The van der Waals surface area contributed by atoms with Crippen molar-refractivity contribution in [2.45, 2.75) is 24.7 Å². The number of aromatic hydroxyl groups is 1. The van der Waals surface area contributed by atoms with E-state index in [0.717, 1.165) is 28.3 Å². The number of phenols is 1. The topological polar surface area (TPSA) is 32.6 Å². The quantitative estimate of drug-likeness (QED) is 0.458. The second-order valence-electron chi connectivity index (χ2n) is 4.49. The largest absolute Gasteiger partial charge is 0.506 e. The third-order valence-electron chi connectivity index (χ3n) is 2.89. The van der Waals surface area contributed by atoms with Crippen molar-refractivity contribution in [1.29, 1.82) is 0 Å². The zero-order valence-electron chi connectivity index (χ0n) is 11.6. The first-order chi connectivity index (χ1) is 9.81. The summed E-state index contributed by atoms with van der Waals surface area (Å²) in [7, 11) is 0. The van der Waals surface area contributed by atoms with Gasteiger partial charge in [-0.15, -0.1) is 11.8 Å². The maximum absolute atomic E-state index is 10.3. The van der Waals surface area contributed by atoms with Crippen LogP contribution in [-0.2, 0) is 0 Å². The van der Waals surface area contributed by atoms with Gasteiger partial charge in [0.25, 0.3) is 0 Å². The lowest BCUT2D eigenvalue weighted by Crippen LogP contribution is -1.86. The molecule has 2 nitrogen and oxygen atoms in total. The van der Waals surface area contributed by atoms with Gasteiger partial charge in [-0.1, -0.05) is 37.6 Å². The maximum atomic E-state index is 10.3. The van der Waals surface area contributed by atoms with Gasteiger partial charge in [0.05, 0.1) is 5.69 Å². The molecule has 0 heterocycles. The number of thioether (sulfide) groups is 1. The van der Waals surface area contributed by atoms with Crippen molar-refractivity contribution in [3.63, 3.8) is 0 Å². The number of nitrogens with zero attached hydrogens (tertiary/aromatic N) is 1. The summed E-state index contributed by atoms with van der Waals surface area (Å²) in [5.74, 6) is 1.36. The van der Waals surface area contributed by atoms with E-state index in [1.807, 2.05) is 48.5 Å². The minimum atomic E-state index is 0.327. The first kappa shape index (κ1) is 14.7. The van der Waals surface area contributed by atoms with Crippen LogP contribution in [0.5, 0.6) is 5.75 Å². The van der Waals surface area contributed by atoms with E-state index in [1.54, 1.807) is 18.0 Å². The Balaban J connectivity index is 2.12. The lowest BCUT2D eigenvalue weighted by Gasteiger charge is -2.06. The fourth-order valence-electron chi connectivity index (χ4n) is 1.74. The number of benzene rings is 2. The fraction of sp³-hybridized carbons (Fsp3) is 0.235. The van der Waals surface area contributed by atoms with Crippen molar-refractivity contribution in [2.75, 3.05) is 5.75 Å². The van der Waals surface area contributed by atoms with Crippen LogP contribution in [0.25, 0.3) is 0 Å². The molecule has 2 aromatic rings. The third-order valence-corrected chi connectivity index (χ3v) is 4.03. The molecule has 0 saturated heterocycles. The van der Waals surface area contributed by atoms with Crippen LogP contribution < -0.4 is 0 Å². The van der Waals surface area contributed by atoms with E-state index in [-0.39, 0.29) is 0 Å². The molecule has 0 saturated carbocycles.